The summed E-state index contributed by atoms with van der Waals surface area (Å²) in [6.07, 6.45) is 3.64. The van der Waals surface area contributed by atoms with Crippen molar-refractivity contribution in [2.75, 3.05) is 12.0 Å². The minimum absolute atomic E-state index is 0.378. The van der Waals surface area contributed by atoms with Crippen molar-refractivity contribution in [2.24, 2.45) is 0 Å². The van der Waals surface area contributed by atoms with E-state index in [2.05, 4.69) is 0 Å². The van der Waals surface area contributed by atoms with E-state index in [-0.39, 0.29) is 0 Å². The first-order valence-electron chi connectivity index (χ1n) is 5.65. The van der Waals surface area contributed by atoms with E-state index in [1.54, 1.807) is 23.9 Å². The van der Waals surface area contributed by atoms with Gasteiger partial charge in [0.1, 0.15) is 0 Å². The molecule has 1 heterocycles. The van der Waals surface area contributed by atoms with Gasteiger partial charge in [-0.25, -0.2) is 14.1 Å². The summed E-state index contributed by atoms with van der Waals surface area (Å²) in [5, 5.41) is 21.6. The fourth-order valence-corrected chi connectivity index (χ4v) is 2.61. The topological polar surface area (TPSA) is 69.2 Å². The van der Waals surface area contributed by atoms with Crippen LogP contribution in [0.5, 0.6) is 0 Å². The number of benzene rings is 1. The highest BCUT2D eigenvalue weighted by Crippen LogP contribution is 2.23. The van der Waals surface area contributed by atoms with Gasteiger partial charge in [-0.1, -0.05) is 11.6 Å². The molecular formula is C12H13ClN2O3S. The molecule has 0 spiro atoms. The monoisotopic (exact) mass is 300 g/mol. The second kappa shape index (κ2) is 5.71. The molecule has 7 heteroatoms. The number of carboxylic acids is 1. The molecule has 0 aliphatic rings. The molecule has 2 aromatic rings. The van der Waals surface area contributed by atoms with E-state index in [1.165, 1.54) is 17.0 Å². The Morgan fingerprint density at radius 1 is 1.63 bits per heavy atom. The van der Waals surface area contributed by atoms with Crippen molar-refractivity contribution in [1.82, 2.24) is 4.57 Å². The lowest BCUT2D eigenvalue weighted by Gasteiger charge is -2.08. The number of fused-ring (bicyclic) bond motifs is 1. The molecule has 5 nitrogen and oxygen atoms in total. The Kier molecular flexibility index (Phi) is 4.21. The molecule has 1 atom stereocenters. The fourth-order valence-electron chi connectivity index (χ4n) is 1.99. The smallest absolute Gasteiger partial charge is 0.349 e. The van der Waals surface area contributed by atoms with Crippen molar-refractivity contribution in [2.45, 2.75) is 12.5 Å². The molecule has 0 amide bonds. The molecule has 1 N–H and O–H groups in total. The maximum atomic E-state index is 11.8. The van der Waals surface area contributed by atoms with Crippen molar-refractivity contribution in [3.63, 3.8) is 0 Å². The van der Waals surface area contributed by atoms with Crippen LogP contribution < -0.4 is 4.73 Å². The second-order valence-electron chi connectivity index (χ2n) is 4.12. The minimum Gasteiger partial charge on any atom is -0.710 e. The van der Waals surface area contributed by atoms with Gasteiger partial charge in [0.05, 0.1) is 0 Å². The number of rotatable bonds is 5. The summed E-state index contributed by atoms with van der Waals surface area (Å²) in [4.78, 5) is 11.4. The summed E-state index contributed by atoms with van der Waals surface area (Å²) in [5.74, 6) is -0.232. The Bertz CT molecular complexity index is 614. The van der Waals surface area contributed by atoms with Crippen molar-refractivity contribution in [3.05, 3.63) is 34.8 Å². The second-order valence-corrected chi connectivity index (χ2v) is 5.54. The van der Waals surface area contributed by atoms with Crippen molar-refractivity contribution in [1.29, 1.82) is 0 Å². The van der Waals surface area contributed by atoms with Gasteiger partial charge in [-0.15, -0.1) is 0 Å². The van der Waals surface area contributed by atoms with Crippen molar-refractivity contribution < 1.29 is 14.6 Å². The molecule has 0 fully saturated rings. The zero-order valence-corrected chi connectivity index (χ0v) is 11.8. The number of aromatic nitrogens is 2. The quantitative estimate of drug-likeness (QED) is 0.679. The van der Waals surface area contributed by atoms with Crippen LogP contribution in [0.1, 0.15) is 12.5 Å². The molecule has 0 aliphatic heterocycles. The van der Waals surface area contributed by atoms with Gasteiger partial charge in [0.25, 0.3) is 0 Å². The Morgan fingerprint density at radius 3 is 3.00 bits per heavy atom. The van der Waals surface area contributed by atoms with E-state index in [1.807, 2.05) is 6.26 Å². The Labute approximate surface area is 119 Å². The first-order chi connectivity index (χ1) is 9.04. The lowest BCUT2D eigenvalue weighted by molar-refractivity contribution is -0.578. The molecule has 2 rings (SSSR count). The summed E-state index contributed by atoms with van der Waals surface area (Å²) in [7, 11) is 0. The molecule has 1 aromatic heterocycles. The van der Waals surface area contributed by atoms with E-state index in [0.29, 0.717) is 33.0 Å². The summed E-state index contributed by atoms with van der Waals surface area (Å²) < 4.78 is 2.15. The standard InChI is InChI=1S/C12H13ClN2O3S/c1-19-5-4-10(12(16)17)14-7-15(18)11-6-8(13)2-3-9(11)14/h2-3,6-7,10H,4-5H2,1H3,(H,16,17). The average molecular weight is 301 g/mol. The molecule has 1 aromatic carbocycles. The number of aliphatic carboxylic acids is 1. The number of halogens is 1. The summed E-state index contributed by atoms with van der Waals surface area (Å²) in [5.41, 5.74) is 0.954. The van der Waals surface area contributed by atoms with E-state index in [9.17, 15) is 15.1 Å². The molecule has 0 aliphatic carbocycles. The van der Waals surface area contributed by atoms with Crippen LogP contribution in [0.15, 0.2) is 24.5 Å². The van der Waals surface area contributed by atoms with Gasteiger partial charge in [0.15, 0.2) is 17.1 Å². The van der Waals surface area contributed by atoms with E-state index < -0.39 is 12.0 Å². The minimum atomic E-state index is -0.943. The highest BCUT2D eigenvalue weighted by atomic mass is 35.5. The zero-order chi connectivity index (χ0) is 14.0. The Balaban J connectivity index is 2.50. The van der Waals surface area contributed by atoms with Crippen LogP contribution in [-0.4, -0.2) is 27.7 Å². The molecule has 102 valence electrons. The predicted octanol–water partition coefficient (Wildman–Crippen LogP) is 2.31. The Hall–Kier alpha value is -1.40. The van der Waals surface area contributed by atoms with Gasteiger partial charge in [-0.2, -0.15) is 11.8 Å². The first kappa shape index (κ1) is 14.0. The zero-order valence-electron chi connectivity index (χ0n) is 10.2. The van der Waals surface area contributed by atoms with Crippen LogP contribution in [0.3, 0.4) is 0 Å². The highest BCUT2D eigenvalue weighted by Gasteiger charge is 2.27. The van der Waals surface area contributed by atoms with Gasteiger partial charge in [0, 0.05) is 17.5 Å². The van der Waals surface area contributed by atoms with E-state index >= 15 is 0 Å². The summed E-state index contributed by atoms with van der Waals surface area (Å²) in [6, 6.07) is 4.11. The Morgan fingerprint density at radius 2 is 2.37 bits per heavy atom. The number of carbonyl (C=O) groups is 1. The summed E-state index contributed by atoms with van der Waals surface area (Å²) in [6.45, 7) is 0. The SMILES string of the molecule is CSCCC(C(=O)O)n1c[n+]([O-])c2cc(Cl)ccc21. The van der Waals surface area contributed by atoms with Crippen molar-refractivity contribution >= 4 is 40.4 Å². The summed E-state index contributed by atoms with van der Waals surface area (Å²) >= 11 is 7.42. The molecule has 0 bridgehead atoms. The molecule has 19 heavy (non-hydrogen) atoms. The number of carboxylic acid groups (broad SMARTS) is 1. The van der Waals surface area contributed by atoms with E-state index in [4.69, 9.17) is 11.6 Å². The third-order valence-electron chi connectivity index (χ3n) is 2.90. The predicted molar refractivity (Wildman–Crippen MR) is 75.6 cm³/mol. The van der Waals surface area contributed by atoms with E-state index in [0.717, 1.165) is 0 Å². The van der Waals surface area contributed by atoms with Crippen LogP contribution in [0.2, 0.25) is 5.02 Å². The van der Waals surface area contributed by atoms with Gasteiger partial charge < -0.3 is 10.3 Å². The van der Waals surface area contributed by atoms with Gasteiger partial charge in [-0.3, -0.25) is 0 Å². The van der Waals surface area contributed by atoms with Crippen LogP contribution in [0.25, 0.3) is 11.0 Å². The maximum absolute atomic E-state index is 11.8. The maximum Gasteiger partial charge on any atom is 0.349 e. The highest BCUT2D eigenvalue weighted by molar-refractivity contribution is 7.98. The third-order valence-corrected chi connectivity index (χ3v) is 3.78. The van der Waals surface area contributed by atoms with Crippen LogP contribution in [-0.2, 0) is 4.79 Å². The van der Waals surface area contributed by atoms with Crippen LogP contribution in [0, 0.1) is 5.21 Å². The molecular weight excluding hydrogens is 288 g/mol. The van der Waals surface area contributed by atoms with Crippen LogP contribution >= 0.6 is 23.4 Å². The molecule has 0 radical (unpaired) electrons. The number of nitrogens with zero attached hydrogens (tertiary/aromatic N) is 2. The van der Waals surface area contributed by atoms with Crippen molar-refractivity contribution in [3.8, 4) is 0 Å². The number of thioether (sulfide) groups is 1. The lowest BCUT2D eigenvalue weighted by Crippen LogP contribution is -2.25. The van der Waals surface area contributed by atoms with Crippen LogP contribution in [0.4, 0.5) is 0 Å². The third kappa shape index (κ3) is 2.79. The largest absolute Gasteiger partial charge is 0.710 e. The lowest BCUT2D eigenvalue weighted by atomic mass is 10.2. The average Bonchev–Trinajstić information content (AvgIpc) is 2.67. The molecule has 0 saturated heterocycles. The number of imidazole rings is 1. The normalized spacial score (nSPS) is 12.7. The first-order valence-corrected chi connectivity index (χ1v) is 7.42. The molecule has 0 saturated carbocycles. The molecule has 1 unspecified atom stereocenters. The number of hydrogen-bond acceptors (Lipinski definition) is 3. The van der Waals surface area contributed by atoms with Gasteiger partial charge in [-0.05, 0) is 24.1 Å². The van der Waals surface area contributed by atoms with Gasteiger partial charge >= 0.3 is 5.97 Å². The fraction of sp³-hybridized carbons (Fsp3) is 0.333. The number of hydrogen-bond donors (Lipinski definition) is 1. The van der Waals surface area contributed by atoms with Gasteiger partial charge in [0.2, 0.25) is 6.33 Å².